The molecule has 0 aliphatic heterocycles. The van der Waals surface area contributed by atoms with Crippen LogP contribution in [0.2, 0.25) is 0 Å². The van der Waals surface area contributed by atoms with Crippen LogP contribution >= 0.6 is 0 Å². The lowest BCUT2D eigenvalue weighted by Crippen LogP contribution is -2.37. The van der Waals surface area contributed by atoms with E-state index in [1.807, 2.05) is 0 Å². The summed E-state index contributed by atoms with van der Waals surface area (Å²) >= 11 is 0. The van der Waals surface area contributed by atoms with Gasteiger partial charge in [-0.25, -0.2) is 0 Å². The summed E-state index contributed by atoms with van der Waals surface area (Å²) in [7, 11) is 0. The monoisotopic (exact) mass is 214 g/mol. The molecular weight excluding hydrogens is 192 g/mol. The molecule has 88 valence electrons. The van der Waals surface area contributed by atoms with Gasteiger partial charge in [0, 0.05) is 4.91 Å². The fourth-order valence-corrected chi connectivity index (χ4v) is 1.23. The lowest BCUT2D eigenvalue weighted by atomic mass is 9.91. The Morgan fingerprint density at radius 2 is 2.07 bits per heavy atom. The highest BCUT2D eigenvalue weighted by atomic mass is 16.3. The number of hydrogen-bond acceptors (Lipinski definition) is 3. The van der Waals surface area contributed by atoms with Crippen LogP contribution in [0.5, 0.6) is 0 Å². The molecule has 15 heavy (non-hydrogen) atoms. The minimum atomic E-state index is -0.657. The van der Waals surface area contributed by atoms with E-state index in [9.17, 15) is 5.11 Å². The first-order valence-corrected chi connectivity index (χ1v) is 5.32. The van der Waals surface area contributed by atoms with Crippen LogP contribution in [0.3, 0.4) is 0 Å². The molecule has 0 saturated carbocycles. The van der Waals surface area contributed by atoms with Gasteiger partial charge in [0.05, 0.1) is 6.10 Å². The largest absolute Gasteiger partial charge is 0.392 e. The number of hydrogen-bond donors (Lipinski definition) is 2. The Bertz CT molecular complexity index is 216. The van der Waals surface area contributed by atoms with Crippen molar-refractivity contribution in [2.24, 2.45) is 10.5 Å². The summed E-state index contributed by atoms with van der Waals surface area (Å²) in [6, 6.07) is 0. The normalized spacial score (nSPS) is 15.5. The Labute approximate surface area is 91.5 Å². The molecule has 0 aromatic heterocycles. The second-order valence-corrected chi connectivity index (χ2v) is 5.01. The molecule has 0 fully saturated rings. The van der Waals surface area contributed by atoms with E-state index in [0.29, 0.717) is 5.41 Å². The molecule has 0 bridgehead atoms. The fourth-order valence-electron chi connectivity index (χ4n) is 1.23. The van der Waals surface area contributed by atoms with Crippen LogP contribution in [0.4, 0.5) is 0 Å². The van der Waals surface area contributed by atoms with E-state index in [0.717, 1.165) is 19.4 Å². The molecule has 5 nitrogen and oxygen atoms in total. The molecule has 0 rings (SSSR count). The maximum Gasteiger partial charge on any atom is 0.112 e. The minimum absolute atomic E-state index is 0.320. The number of aliphatic hydroxyl groups is 1. The Hall–Kier alpha value is -0.770. The zero-order chi connectivity index (χ0) is 11.9. The Balaban J connectivity index is 3.77. The minimum Gasteiger partial charge on any atom is -0.392 e. The van der Waals surface area contributed by atoms with Crippen LogP contribution in [0.1, 0.15) is 40.5 Å². The van der Waals surface area contributed by atoms with Gasteiger partial charge in [-0.2, -0.15) is 0 Å². The Morgan fingerprint density at radius 3 is 2.47 bits per heavy atom. The molecule has 0 aromatic carbocycles. The summed E-state index contributed by atoms with van der Waals surface area (Å²) in [5.41, 5.74) is 8.60. The van der Waals surface area contributed by atoms with Gasteiger partial charge < -0.3 is 10.4 Å². The summed E-state index contributed by atoms with van der Waals surface area (Å²) in [6.45, 7) is 8.92. The van der Waals surface area contributed by atoms with Crippen molar-refractivity contribution in [3.05, 3.63) is 10.4 Å². The predicted molar refractivity (Wildman–Crippen MR) is 61.3 cm³/mol. The van der Waals surface area contributed by atoms with Crippen molar-refractivity contribution in [1.82, 2.24) is 5.32 Å². The molecule has 0 radical (unpaired) electrons. The zero-order valence-corrected chi connectivity index (χ0v) is 10.1. The quantitative estimate of drug-likeness (QED) is 0.308. The van der Waals surface area contributed by atoms with E-state index in [4.69, 9.17) is 5.53 Å². The summed E-state index contributed by atoms with van der Waals surface area (Å²) < 4.78 is 0. The second-order valence-electron chi connectivity index (χ2n) is 5.01. The van der Waals surface area contributed by atoms with Gasteiger partial charge in [-0.05, 0) is 37.3 Å². The lowest BCUT2D eigenvalue weighted by molar-refractivity contribution is 0.147. The lowest BCUT2D eigenvalue weighted by Gasteiger charge is -2.20. The molecule has 0 aliphatic carbocycles. The van der Waals surface area contributed by atoms with Crippen molar-refractivity contribution in [2.45, 2.75) is 52.8 Å². The highest BCUT2D eigenvalue weighted by molar-refractivity contribution is 4.71. The molecule has 0 spiro atoms. The summed E-state index contributed by atoms with van der Waals surface area (Å²) in [5, 5.41) is 15.8. The average Bonchev–Trinajstić information content (AvgIpc) is 2.08. The van der Waals surface area contributed by atoms with Gasteiger partial charge in [-0.1, -0.05) is 25.9 Å². The average molecular weight is 214 g/mol. The van der Waals surface area contributed by atoms with Crippen LogP contribution in [0, 0.1) is 5.41 Å². The van der Waals surface area contributed by atoms with Gasteiger partial charge >= 0.3 is 0 Å². The van der Waals surface area contributed by atoms with Gasteiger partial charge in [0.2, 0.25) is 0 Å². The summed E-state index contributed by atoms with van der Waals surface area (Å²) in [5.74, 6) is 0. The second kappa shape index (κ2) is 6.67. The van der Waals surface area contributed by atoms with Crippen molar-refractivity contribution in [1.29, 1.82) is 0 Å². The van der Waals surface area contributed by atoms with Crippen LogP contribution in [0.25, 0.3) is 10.4 Å². The van der Waals surface area contributed by atoms with E-state index < -0.39 is 12.3 Å². The summed E-state index contributed by atoms with van der Waals surface area (Å²) in [4.78, 5) is 2.69. The summed E-state index contributed by atoms with van der Waals surface area (Å²) in [6.07, 6.45) is 0.932. The van der Waals surface area contributed by atoms with Crippen LogP contribution in [0.15, 0.2) is 5.11 Å². The van der Waals surface area contributed by atoms with Crippen molar-refractivity contribution in [2.75, 3.05) is 6.54 Å². The van der Waals surface area contributed by atoms with E-state index in [1.54, 1.807) is 6.92 Å². The number of nitrogens with zero attached hydrogens (tertiary/aromatic N) is 3. The van der Waals surface area contributed by atoms with E-state index in [-0.39, 0.29) is 0 Å². The van der Waals surface area contributed by atoms with Crippen molar-refractivity contribution >= 4 is 0 Å². The molecule has 0 aliphatic rings. The molecular formula is C10H22N4O. The van der Waals surface area contributed by atoms with E-state index in [2.05, 4.69) is 36.1 Å². The first-order valence-electron chi connectivity index (χ1n) is 5.32. The fraction of sp³-hybridized carbons (Fsp3) is 1.00. The van der Waals surface area contributed by atoms with Gasteiger partial charge in [0.15, 0.2) is 0 Å². The van der Waals surface area contributed by atoms with Crippen molar-refractivity contribution in [3.8, 4) is 0 Å². The number of rotatable bonds is 6. The maximum atomic E-state index is 9.28. The highest BCUT2D eigenvalue weighted by Crippen LogP contribution is 2.19. The number of azide groups is 1. The third kappa shape index (κ3) is 8.24. The number of nitrogens with one attached hydrogen (secondary N) is 1. The smallest absolute Gasteiger partial charge is 0.112 e. The topological polar surface area (TPSA) is 81.0 Å². The first kappa shape index (κ1) is 14.2. The van der Waals surface area contributed by atoms with Gasteiger partial charge in [0.1, 0.15) is 6.17 Å². The third-order valence-electron chi connectivity index (χ3n) is 2.09. The molecule has 0 heterocycles. The SMILES string of the molecule is CC(O)C(N=[N+]=[N-])NCCCC(C)(C)C. The molecule has 5 heteroatoms. The molecule has 2 atom stereocenters. The van der Waals surface area contributed by atoms with Crippen LogP contribution in [-0.2, 0) is 0 Å². The highest BCUT2D eigenvalue weighted by Gasteiger charge is 2.13. The third-order valence-corrected chi connectivity index (χ3v) is 2.09. The van der Waals surface area contributed by atoms with Crippen molar-refractivity contribution in [3.63, 3.8) is 0 Å². The maximum absolute atomic E-state index is 9.28. The molecule has 0 amide bonds. The van der Waals surface area contributed by atoms with Crippen molar-refractivity contribution < 1.29 is 5.11 Å². The Morgan fingerprint density at radius 1 is 1.47 bits per heavy atom. The predicted octanol–water partition coefficient (Wildman–Crippen LogP) is 2.42. The molecule has 2 unspecified atom stereocenters. The molecule has 0 aromatic rings. The van der Waals surface area contributed by atoms with Gasteiger partial charge in [0.25, 0.3) is 0 Å². The number of aliphatic hydroxyl groups excluding tert-OH is 1. The van der Waals surface area contributed by atoms with Gasteiger partial charge in [-0.3, -0.25) is 0 Å². The molecule has 0 saturated heterocycles. The van der Waals surface area contributed by atoms with E-state index in [1.165, 1.54) is 0 Å². The Kier molecular flexibility index (Phi) is 6.32. The van der Waals surface area contributed by atoms with Crippen LogP contribution < -0.4 is 5.32 Å². The van der Waals surface area contributed by atoms with Gasteiger partial charge in [-0.15, -0.1) is 0 Å². The first-order chi connectivity index (χ1) is 6.87. The standard InChI is InChI=1S/C10H22N4O/c1-8(15)9(13-14-11)12-7-5-6-10(2,3)4/h8-9,12,15H,5-7H2,1-4H3. The van der Waals surface area contributed by atoms with Crippen LogP contribution in [-0.4, -0.2) is 23.9 Å². The van der Waals surface area contributed by atoms with E-state index >= 15 is 0 Å². The zero-order valence-electron chi connectivity index (χ0n) is 10.1. The molecule has 2 N–H and O–H groups in total.